The minimum Gasteiger partial charge on any atom is -0.490 e. The molecule has 2 aliphatic rings. The van der Waals surface area contributed by atoms with Crippen molar-refractivity contribution in [2.45, 2.75) is 39.3 Å². The van der Waals surface area contributed by atoms with Gasteiger partial charge in [-0.1, -0.05) is 62.4 Å². The standard InChI is InChI=1S/C26H29BrN4O3S/c1-4-7-10-14-35-26-29-25(32)22-18-11-8-9-12-20(18)28-24(31(22)30-26)17-15-19(27)23(34-13-5-2)21(16-17)33-6-3/h5,8-9,11-12,15-16,24H,2,4,6-7,10,13-14H2,1,3H3,(H,29,30,32)/t24-/m1/s1. The average Bonchev–Trinajstić information content (AvgIpc) is 2.85. The lowest BCUT2D eigenvalue weighted by Crippen LogP contribution is -2.50. The molecular weight excluding hydrogens is 528 g/mol. The number of carbonyl (C=O) groups is 1. The number of hydrogen-bond acceptors (Lipinski definition) is 7. The molecule has 35 heavy (non-hydrogen) atoms. The van der Waals surface area contributed by atoms with Gasteiger partial charge in [0.05, 0.1) is 16.4 Å². The van der Waals surface area contributed by atoms with Crippen molar-refractivity contribution in [3.8, 4) is 11.5 Å². The number of benzene rings is 2. The Hall–Kier alpha value is -2.78. The van der Waals surface area contributed by atoms with Gasteiger partial charge in [0.1, 0.15) is 12.3 Å². The Labute approximate surface area is 218 Å². The Bertz CT molecular complexity index is 1260. The highest BCUT2D eigenvalue weighted by atomic mass is 79.9. The van der Waals surface area contributed by atoms with E-state index < -0.39 is 6.17 Å². The molecular formula is C26H29BrN4O3S. The molecule has 0 fully saturated rings. The second-order valence-corrected chi connectivity index (χ2v) is 9.93. The van der Waals surface area contributed by atoms with Crippen molar-refractivity contribution in [3.05, 3.63) is 69.7 Å². The maximum absolute atomic E-state index is 13.3. The Morgan fingerprint density at radius 3 is 2.83 bits per heavy atom. The van der Waals surface area contributed by atoms with E-state index in [4.69, 9.17) is 19.6 Å². The number of fused-ring (bicyclic) bond motifs is 2. The van der Waals surface area contributed by atoms with E-state index in [1.165, 1.54) is 0 Å². The highest BCUT2D eigenvalue weighted by Crippen LogP contribution is 2.41. The summed E-state index contributed by atoms with van der Waals surface area (Å²) in [6.07, 6.45) is 4.51. The molecule has 0 aliphatic carbocycles. The summed E-state index contributed by atoms with van der Waals surface area (Å²) in [5.74, 6) is 1.90. The van der Waals surface area contributed by atoms with Crippen molar-refractivity contribution < 1.29 is 14.3 Å². The largest absolute Gasteiger partial charge is 0.490 e. The molecule has 0 bridgehead atoms. The summed E-state index contributed by atoms with van der Waals surface area (Å²) in [6.45, 7) is 8.65. The van der Waals surface area contributed by atoms with Gasteiger partial charge in [-0.3, -0.25) is 15.1 Å². The number of unbranched alkanes of at least 4 members (excludes halogenated alkanes) is 2. The predicted molar refractivity (Wildman–Crippen MR) is 144 cm³/mol. The second-order valence-electron chi connectivity index (χ2n) is 7.99. The van der Waals surface area contributed by atoms with Crippen LogP contribution < -0.4 is 25.4 Å². The maximum Gasteiger partial charge on any atom is 0.276 e. The number of ether oxygens (including phenoxy) is 2. The summed E-state index contributed by atoms with van der Waals surface area (Å²) < 4.78 is 12.5. The van der Waals surface area contributed by atoms with Crippen LogP contribution in [0.4, 0.5) is 0 Å². The van der Waals surface area contributed by atoms with Gasteiger partial charge in [0.2, 0.25) is 0 Å². The number of amides is 1. The van der Waals surface area contributed by atoms with Gasteiger partial charge < -0.3 is 9.47 Å². The first-order valence-corrected chi connectivity index (χ1v) is 13.5. The number of nitrogens with one attached hydrogen (secondary N) is 1. The molecule has 7 nitrogen and oxygen atoms in total. The van der Waals surface area contributed by atoms with Gasteiger partial charge in [-0.05, 0) is 47.5 Å². The maximum atomic E-state index is 13.3. The van der Waals surface area contributed by atoms with Crippen LogP contribution in [0.3, 0.4) is 0 Å². The Kier molecular flexibility index (Phi) is 8.51. The molecule has 0 saturated carbocycles. The first kappa shape index (κ1) is 25.3. The van der Waals surface area contributed by atoms with E-state index in [1.807, 2.05) is 43.3 Å². The number of hydrogen-bond donors (Lipinski definition) is 1. The van der Waals surface area contributed by atoms with Crippen molar-refractivity contribution >= 4 is 44.5 Å². The molecule has 2 aromatic carbocycles. The first-order chi connectivity index (χ1) is 17.1. The molecule has 0 radical (unpaired) electrons. The molecule has 0 aromatic heterocycles. The smallest absolute Gasteiger partial charge is 0.276 e. The van der Waals surface area contributed by atoms with Gasteiger partial charge in [0, 0.05) is 16.5 Å². The molecule has 1 amide bonds. The first-order valence-electron chi connectivity index (χ1n) is 11.8. The van der Waals surface area contributed by atoms with Crippen LogP contribution in [0.2, 0.25) is 0 Å². The van der Waals surface area contributed by atoms with Crippen LogP contribution >= 0.6 is 27.7 Å². The SMILES string of the molecule is C=CCOc1c(Br)cc([C@@H]2N=c3ccccc3=C3C(=O)NC(SCCCCC)=NN32)cc1OCC. The van der Waals surface area contributed by atoms with Gasteiger partial charge in [-0.25, -0.2) is 5.01 Å². The Balaban J connectivity index is 1.80. The molecule has 2 aromatic rings. The lowest BCUT2D eigenvalue weighted by atomic mass is 10.1. The van der Waals surface area contributed by atoms with Crippen molar-refractivity contribution in [1.82, 2.24) is 10.3 Å². The van der Waals surface area contributed by atoms with Crippen LogP contribution in [0, 0.1) is 0 Å². The number of thioether (sulfide) groups is 1. The van der Waals surface area contributed by atoms with Crippen LogP contribution in [-0.4, -0.2) is 35.1 Å². The topological polar surface area (TPSA) is 75.5 Å². The summed E-state index contributed by atoms with van der Waals surface area (Å²) in [5.41, 5.74) is 1.31. The van der Waals surface area contributed by atoms with Gasteiger partial charge in [0.15, 0.2) is 22.8 Å². The van der Waals surface area contributed by atoms with Crippen LogP contribution in [0.1, 0.15) is 44.8 Å². The van der Waals surface area contributed by atoms with E-state index in [2.05, 4.69) is 34.7 Å². The molecule has 0 saturated heterocycles. The van der Waals surface area contributed by atoms with Gasteiger partial charge in [-0.15, -0.1) is 5.10 Å². The van der Waals surface area contributed by atoms with Crippen molar-refractivity contribution in [1.29, 1.82) is 0 Å². The fraction of sp³-hybridized carbons (Fsp3) is 0.346. The van der Waals surface area contributed by atoms with Gasteiger partial charge in [0.25, 0.3) is 5.91 Å². The monoisotopic (exact) mass is 556 g/mol. The fourth-order valence-corrected chi connectivity index (χ4v) is 5.34. The number of hydrazone groups is 1. The number of halogens is 1. The van der Waals surface area contributed by atoms with Crippen molar-refractivity contribution in [2.24, 2.45) is 10.1 Å². The van der Waals surface area contributed by atoms with E-state index >= 15 is 0 Å². The number of amidine groups is 1. The van der Waals surface area contributed by atoms with E-state index in [0.717, 1.165) is 45.6 Å². The zero-order chi connectivity index (χ0) is 24.8. The third-order valence-electron chi connectivity index (χ3n) is 5.48. The van der Waals surface area contributed by atoms with E-state index in [9.17, 15) is 4.79 Å². The third-order valence-corrected chi connectivity index (χ3v) is 7.02. The fourth-order valence-electron chi connectivity index (χ4n) is 3.91. The highest BCUT2D eigenvalue weighted by Gasteiger charge is 2.35. The lowest BCUT2D eigenvalue weighted by molar-refractivity contribution is -0.116. The normalized spacial score (nSPS) is 16.5. The summed E-state index contributed by atoms with van der Waals surface area (Å²) >= 11 is 5.19. The van der Waals surface area contributed by atoms with Crippen molar-refractivity contribution in [2.75, 3.05) is 19.0 Å². The average molecular weight is 558 g/mol. The van der Waals surface area contributed by atoms with Crippen molar-refractivity contribution in [3.63, 3.8) is 0 Å². The minimum atomic E-state index is -0.541. The summed E-state index contributed by atoms with van der Waals surface area (Å²) in [4.78, 5) is 18.3. The molecule has 184 valence electrons. The minimum absolute atomic E-state index is 0.180. The zero-order valence-electron chi connectivity index (χ0n) is 19.9. The number of nitrogens with zero attached hydrogens (tertiary/aromatic N) is 3. The molecule has 0 unspecified atom stereocenters. The van der Waals surface area contributed by atoms with E-state index in [0.29, 0.717) is 35.6 Å². The molecule has 4 rings (SSSR count). The highest BCUT2D eigenvalue weighted by molar-refractivity contribution is 9.10. The molecule has 0 spiro atoms. The third kappa shape index (κ3) is 5.56. The summed E-state index contributed by atoms with van der Waals surface area (Å²) in [5, 5.41) is 11.6. The zero-order valence-corrected chi connectivity index (χ0v) is 22.3. The predicted octanol–water partition coefficient (Wildman–Crippen LogP) is 4.48. The summed E-state index contributed by atoms with van der Waals surface area (Å²) in [6, 6.07) is 11.5. The number of para-hydroxylation sites is 1. The molecule has 2 aliphatic heterocycles. The Morgan fingerprint density at radius 1 is 1.23 bits per heavy atom. The van der Waals surface area contributed by atoms with E-state index in [1.54, 1.807) is 22.8 Å². The van der Waals surface area contributed by atoms with Gasteiger partial charge in [-0.2, -0.15) is 0 Å². The molecule has 1 N–H and O–H groups in total. The van der Waals surface area contributed by atoms with E-state index in [-0.39, 0.29) is 5.91 Å². The van der Waals surface area contributed by atoms with Gasteiger partial charge >= 0.3 is 0 Å². The molecule has 1 atom stereocenters. The summed E-state index contributed by atoms with van der Waals surface area (Å²) in [7, 11) is 0. The van der Waals surface area contributed by atoms with Crippen LogP contribution in [0.15, 0.2) is 63.6 Å². The lowest BCUT2D eigenvalue weighted by Gasteiger charge is -2.34. The Morgan fingerprint density at radius 2 is 2.06 bits per heavy atom. The quantitative estimate of drug-likeness (QED) is 0.345. The second kappa shape index (κ2) is 11.8. The molecule has 2 heterocycles. The molecule has 9 heteroatoms. The van der Waals surface area contributed by atoms with Crippen LogP contribution in [0.25, 0.3) is 5.70 Å². The number of carbonyl (C=O) groups excluding carboxylic acids is 1. The van der Waals surface area contributed by atoms with Crippen LogP contribution in [-0.2, 0) is 4.79 Å². The van der Waals surface area contributed by atoms with Crippen LogP contribution in [0.5, 0.6) is 11.5 Å². The number of rotatable bonds is 10.